The first-order chi connectivity index (χ1) is 17.5. The molecule has 8 nitrogen and oxygen atoms in total. The molecule has 1 aliphatic carbocycles. The molecule has 1 atom stereocenters. The molecule has 0 saturated heterocycles. The molecule has 1 aliphatic rings. The molecule has 0 spiro atoms. The first kappa shape index (κ1) is 25.2. The fourth-order valence-electron chi connectivity index (χ4n) is 4.43. The highest BCUT2D eigenvalue weighted by Gasteiger charge is 2.24. The van der Waals surface area contributed by atoms with Crippen molar-refractivity contribution in [2.75, 3.05) is 36.8 Å². The number of nitrogens with zero attached hydrogens (tertiary/aromatic N) is 2. The van der Waals surface area contributed by atoms with Gasteiger partial charge in [-0.3, -0.25) is 9.59 Å². The molecule has 188 valence electrons. The van der Waals surface area contributed by atoms with Gasteiger partial charge in [0.25, 0.3) is 0 Å². The van der Waals surface area contributed by atoms with E-state index in [1.165, 1.54) is 18.1 Å². The van der Waals surface area contributed by atoms with Crippen LogP contribution in [0, 0.1) is 12.8 Å². The van der Waals surface area contributed by atoms with Gasteiger partial charge in [0.2, 0.25) is 11.8 Å². The lowest BCUT2D eigenvalue weighted by molar-refractivity contribution is -0.125. The maximum absolute atomic E-state index is 12.8. The number of carbonyl (C=O) groups is 2. The summed E-state index contributed by atoms with van der Waals surface area (Å²) in [5.74, 6) is 2.09. The summed E-state index contributed by atoms with van der Waals surface area (Å²) in [5, 5.41) is 12.5. The highest BCUT2D eigenvalue weighted by molar-refractivity contribution is 5.79. The second-order valence-electron chi connectivity index (χ2n) is 9.07. The third kappa shape index (κ3) is 6.59. The van der Waals surface area contributed by atoms with Crippen LogP contribution in [-0.2, 0) is 22.4 Å². The molecule has 0 radical (unpaired) electrons. The number of hydrogen-bond donors (Lipinski definition) is 4. The summed E-state index contributed by atoms with van der Waals surface area (Å²) in [4.78, 5) is 33.4. The van der Waals surface area contributed by atoms with Crippen molar-refractivity contribution < 1.29 is 9.59 Å². The zero-order valence-corrected chi connectivity index (χ0v) is 20.9. The summed E-state index contributed by atoms with van der Waals surface area (Å²) in [5.41, 5.74) is 4.44. The van der Waals surface area contributed by atoms with E-state index in [-0.39, 0.29) is 17.7 Å². The lowest BCUT2D eigenvalue weighted by atomic mass is 9.83. The Hall–Kier alpha value is -3.94. The molecule has 2 amide bonds. The van der Waals surface area contributed by atoms with Crippen molar-refractivity contribution in [3.8, 4) is 11.4 Å². The fourth-order valence-corrected chi connectivity index (χ4v) is 4.43. The maximum atomic E-state index is 12.8. The van der Waals surface area contributed by atoms with Crippen molar-refractivity contribution in [3.63, 3.8) is 0 Å². The summed E-state index contributed by atoms with van der Waals surface area (Å²) in [6.07, 6.45) is 2.64. The van der Waals surface area contributed by atoms with Crippen molar-refractivity contribution >= 4 is 23.5 Å². The molecule has 1 unspecified atom stereocenters. The molecule has 4 rings (SSSR count). The van der Waals surface area contributed by atoms with Crippen molar-refractivity contribution in [3.05, 3.63) is 71.3 Å². The van der Waals surface area contributed by atoms with Gasteiger partial charge in [0, 0.05) is 50.1 Å². The summed E-state index contributed by atoms with van der Waals surface area (Å²) >= 11 is 0. The second-order valence-corrected chi connectivity index (χ2v) is 9.07. The van der Waals surface area contributed by atoms with Gasteiger partial charge in [0.1, 0.15) is 11.6 Å². The van der Waals surface area contributed by atoms with Crippen molar-refractivity contribution in [1.82, 2.24) is 20.6 Å². The number of carbonyl (C=O) groups excluding carboxylic acids is 2. The second kappa shape index (κ2) is 12.2. The van der Waals surface area contributed by atoms with Gasteiger partial charge in [-0.25, -0.2) is 9.97 Å². The molecule has 4 N–H and O–H groups in total. The molecule has 1 heterocycles. The molecule has 3 aromatic rings. The third-order valence-electron chi connectivity index (χ3n) is 6.40. The van der Waals surface area contributed by atoms with Crippen molar-refractivity contribution in [2.45, 2.75) is 33.1 Å². The van der Waals surface area contributed by atoms with Gasteiger partial charge in [0.05, 0.1) is 0 Å². The minimum absolute atomic E-state index is 0.0183. The highest BCUT2D eigenvalue weighted by atomic mass is 16.2. The summed E-state index contributed by atoms with van der Waals surface area (Å²) in [6.45, 7) is 5.55. The van der Waals surface area contributed by atoms with Crippen LogP contribution in [-0.4, -0.2) is 48.0 Å². The van der Waals surface area contributed by atoms with E-state index in [1.54, 1.807) is 0 Å². The van der Waals surface area contributed by atoms with E-state index in [1.807, 2.05) is 43.3 Å². The summed E-state index contributed by atoms with van der Waals surface area (Å²) in [6, 6.07) is 18.2. The smallest absolute Gasteiger partial charge is 0.223 e. The Kier molecular flexibility index (Phi) is 8.49. The van der Waals surface area contributed by atoms with Crippen LogP contribution in [0.2, 0.25) is 0 Å². The SMILES string of the molecule is CC(=O)NCCNc1nc(-c2ccccc2)nc(NCCNC(=O)C2CCc3ccccc3C2)c1C. The molecule has 0 fully saturated rings. The number of amides is 2. The Balaban J connectivity index is 1.36. The first-order valence-corrected chi connectivity index (χ1v) is 12.5. The molecule has 8 heteroatoms. The Labute approximate surface area is 212 Å². The minimum Gasteiger partial charge on any atom is -0.368 e. The number of anilines is 2. The normalized spacial score (nSPS) is 14.4. The van der Waals surface area contributed by atoms with E-state index in [0.717, 1.165) is 30.4 Å². The number of benzene rings is 2. The van der Waals surface area contributed by atoms with E-state index < -0.39 is 0 Å². The number of aromatic nitrogens is 2. The van der Waals surface area contributed by atoms with Crippen LogP contribution in [0.4, 0.5) is 11.6 Å². The number of fused-ring (bicyclic) bond motifs is 1. The molecule has 0 saturated carbocycles. The Morgan fingerprint density at radius 3 is 2.11 bits per heavy atom. The summed E-state index contributed by atoms with van der Waals surface area (Å²) < 4.78 is 0. The Bertz CT molecular complexity index is 1200. The largest absolute Gasteiger partial charge is 0.368 e. The lowest BCUT2D eigenvalue weighted by Crippen LogP contribution is -2.36. The van der Waals surface area contributed by atoms with Crippen LogP contribution < -0.4 is 21.3 Å². The van der Waals surface area contributed by atoms with Crippen LogP contribution in [0.25, 0.3) is 11.4 Å². The lowest BCUT2D eigenvalue weighted by Gasteiger charge is -2.24. The van der Waals surface area contributed by atoms with Crippen LogP contribution in [0.1, 0.15) is 30.0 Å². The van der Waals surface area contributed by atoms with E-state index >= 15 is 0 Å². The maximum Gasteiger partial charge on any atom is 0.223 e. The quantitative estimate of drug-likeness (QED) is 0.328. The van der Waals surface area contributed by atoms with Gasteiger partial charge in [-0.1, -0.05) is 54.6 Å². The van der Waals surface area contributed by atoms with E-state index in [2.05, 4.69) is 39.5 Å². The van der Waals surface area contributed by atoms with Crippen LogP contribution in [0.5, 0.6) is 0 Å². The number of nitrogens with one attached hydrogen (secondary N) is 4. The Morgan fingerprint density at radius 1 is 0.833 bits per heavy atom. The fraction of sp³-hybridized carbons (Fsp3) is 0.357. The molecule has 36 heavy (non-hydrogen) atoms. The number of rotatable bonds is 10. The van der Waals surface area contributed by atoms with Gasteiger partial charge >= 0.3 is 0 Å². The van der Waals surface area contributed by atoms with Gasteiger partial charge in [-0.2, -0.15) is 0 Å². The Morgan fingerprint density at radius 2 is 1.44 bits per heavy atom. The van der Waals surface area contributed by atoms with Crippen LogP contribution >= 0.6 is 0 Å². The zero-order chi connectivity index (χ0) is 25.3. The van der Waals surface area contributed by atoms with Gasteiger partial charge < -0.3 is 21.3 Å². The van der Waals surface area contributed by atoms with E-state index in [9.17, 15) is 9.59 Å². The molecule has 0 bridgehead atoms. The average molecular weight is 487 g/mol. The molecule has 2 aromatic carbocycles. The van der Waals surface area contributed by atoms with Crippen molar-refractivity contribution in [1.29, 1.82) is 0 Å². The molecular weight excluding hydrogens is 452 g/mol. The summed E-state index contributed by atoms with van der Waals surface area (Å²) in [7, 11) is 0. The van der Waals surface area contributed by atoms with Gasteiger partial charge in [-0.05, 0) is 37.3 Å². The predicted molar refractivity (Wildman–Crippen MR) is 143 cm³/mol. The number of aryl methyl sites for hydroxylation is 1. The van der Waals surface area contributed by atoms with E-state index in [4.69, 9.17) is 9.97 Å². The predicted octanol–water partition coefficient (Wildman–Crippen LogP) is 3.33. The van der Waals surface area contributed by atoms with Crippen LogP contribution in [0.15, 0.2) is 54.6 Å². The molecule has 0 aliphatic heterocycles. The van der Waals surface area contributed by atoms with Gasteiger partial charge in [0.15, 0.2) is 5.82 Å². The zero-order valence-electron chi connectivity index (χ0n) is 20.9. The molecular formula is C28H34N6O2. The topological polar surface area (TPSA) is 108 Å². The average Bonchev–Trinajstić information content (AvgIpc) is 2.90. The number of hydrogen-bond acceptors (Lipinski definition) is 6. The standard InChI is InChI=1S/C28H34N6O2/c1-19-25(30-15-14-29-20(2)35)33-27(22-9-4-3-5-10-22)34-26(19)31-16-17-32-28(36)24-13-12-21-8-6-7-11-23(21)18-24/h3-11,24H,12-18H2,1-2H3,(H,29,35)(H,32,36)(H2,30,31,33,34). The highest BCUT2D eigenvalue weighted by Crippen LogP contribution is 2.26. The third-order valence-corrected chi connectivity index (χ3v) is 6.40. The molecule has 1 aromatic heterocycles. The van der Waals surface area contributed by atoms with Crippen LogP contribution in [0.3, 0.4) is 0 Å². The monoisotopic (exact) mass is 486 g/mol. The van der Waals surface area contributed by atoms with Gasteiger partial charge in [-0.15, -0.1) is 0 Å². The minimum atomic E-state index is -0.0666. The van der Waals surface area contributed by atoms with Crippen molar-refractivity contribution in [2.24, 2.45) is 5.92 Å². The first-order valence-electron chi connectivity index (χ1n) is 12.5. The van der Waals surface area contributed by atoms with E-state index in [0.29, 0.717) is 43.6 Å².